The van der Waals surface area contributed by atoms with E-state index in [0.29, 0.717) is 6.04 Å². The Labute approximate surface area is 151 Å². The van der Waals surface area contributed by atoms with Gasteiger partial charge in [-0.05, 0) is 57.7 Å². The normalized spacial score (nSPS) is 27.5. The summed E-state index contributed by atoms with van der Waals surface area (Å²) in [4.78, 5) is 17.3. The quantitative estimate of drug-likeness (QED) is 0.913. The van der Waals surface area contributed by atoms with Crippen molar-refractivity contribution < 1.29 is 9.53 Å². The third-order valence-electron chi connectivity index (χ3n) is 5.24. The summed E-state index contributed by atoms with van der Waals surface area (Å²) in [6.45, 7) is 12.0. The first kappa shape index (κ1) is 18.2. The van der Waals surface area contributed by atoms with Crippen LogP contribution in [0.4, 0.5) is 10.5 Å². The van der Waals surface area contributed by atoms with Gasteiger partial charge in [0.15, 0.2) is 0 Å². The lowest BCUT2D eigenvalue weighted by Gasteiger charge is -2.38. The van der Waals surface area contributed by atoms with E-state index in [0.717, 1.165) is 55.8 Å². The first-order valence-corrected chi connectivity index (χ1v) is 9.45. The second kappa shape index (κ2) is 7.75. The molecular formula is C20H31N3O2. The number of nitrogens with zero attached hydrogens (tertiary/aromatic N) is 2. The number of carbonyl (C=O) groups excluding carboxylic acids is 1. The van der Waals surface area contributed by atoms with Gasteiger partial charge >= 0.3 is 6.03 Å². The van der Waals surface area contributed by atoms with Crippen molar-refractivity contribution in [2.45, 2.75) is 58.8 Å². The summed E-state index contributed by atoms with van der Waals surface area (Å²) in [5.41, 5.74) is 3.19. The van der Waals surface area contributed by atoms with Gasteiger partial charge in [0.1, 0.15) is 0 Å². The molecule has 1 aromatic carbocycles. The Hall–Kier alpha value is -1.59. The number of morpholine rings is 1. The van der Waals surface area contributed by atoms with Gasteiger partial charge in [-0.1, -0.05) is 12.1 Å². The summed E-state index contributed by atoms with van der Waals surface area (Å²) in [6.07, 6.45) is 2.70. The fraction of sp³-hybridized carbons (Fsp3) is 0.650. The highest BCUT2D eigenvalue weighted by atomic mass is 16.5. The molecule has 2 heterocycles. The summed E-state index contributed by atoms with van der Waals surface area (Å²) in [6, 6.07) is 6.50. The molecule has 0 spiro atoms. The smallest absolute Gasteiger partial charge is 0.322 e. The maximum absolute atomic E-state index is 12.8. The third kappa shape index (κ3) is 4.53. The summed E-state index contributed by atoms with van der Waals surface area (Å²) in [7, 11) is 0. The van der Waals surface area contributed by atoms with Crippen molar-refractivity contribution in [1.29, 1.82) is 0 Å². The molecular weight excluding hydrogens is 314 g/mol. The van der Waals surface area contributed by atoms with Gasteiger partial charge in [-0.3, -0.25) is 4.90 Å². The van der Waals surface area contributed by atoms with E-state index >= 15 is 0 Å². The number of carbonyl (C=O) groups is 1. The maximum atomic E-state index is 12.8. The molecule has 2 aliphatic heterocycles. The van der Waals surface area contributed by atoms with Crippen LogP contribution in [0.5, 0.6) is 0 Å². The Morgan fingerprint density at radius 2 is 1.96 bits per heavy atom. The minimum Gasteiger partial charge on any atom is -0.373 e. The van der Waals surface area contributed by atoms with Gasteiger partial charge in [0.05, 0.1) is 12.2 Å². The predicted molar refractivity (Wildman–Crippen MR) is 101 cm³/mol. The Balaban J connectivity index is 1.62. The number of anilines is 1. The number of benzene rings is 1. The second-order valence-corrected chi connectivity index (χ2v) is 7.71. The average molecular weight is 345 g/mol. The Bertz CT molecular complexity index is 609. The van der Waals surface area contributed by atoms with Crippen molar-refractivity contribution in [2.24, 2.45) is 0 Å². The molecule has 0 saturated carbocycles. The molecule has 138 valence electrons. The van der Waals surface area contributed by atoms with Crippen LogP contribution in [-0.2, 0) is 4.74 Å². The molecule has 3 atom stereocenters. The van der Waals surface area contributed by atoms with Crippen molar-refractivity contribution in [3.8, 4) is 0 Å². The van der Waals surface area contributed by atoms with Gasteiger partial charge < -0.3 is 15.0 Å². The standard InChI is InChI=1S/C20H31N3O2/c1-14-7-8-15(2)19(10-14)21-20(24)23-9-5-6-18(23)13-22-11-16(3)25-17(4)12-22/h7-8,10,16-18H,5-6,9,11-13H2,1-4H3,(H,21,24)/t16-,17+,18-/m0/s1. The number of hydrogen-bond donors (Lipinski definition) is 1. The van der Waals surface area contributed by atoms with Gasteiger partial charge in [-0.15, -0.1) is 0 Å². The van der Waals surface area contributed by atoms with E-state index in [9.17, 15) is 4.79 Å². The molecule has 0 radical (unpaired) electrons. The Kier molecular flexibility index (Phi) is 5.64. The maximum Gasteiger partial charge on any atom is 0.322 e. The molecule has 5 nitrogen and oxygen atoms in total. The van der Waals surface area contributed by atoms with Crippen LogP contribution in [0, 0.1) is 13.8 Å². The Morgan fingerprint density at radius 1 is 1.24 bits per heavy atom. The molecule has 1 aromatic rings. The summed E-state index contributed by atoms with van der Waals surface area (Å²) >= 11 is 0. The van der Waals surface area contributed by atoms with Gasteiger partial charge in [-0.2, -0.15) is 0 Å². The fourth-order valence-electron chi connectivity index (χ4n) is 4.08. The molecule has 5 heteroatoms. The van der Waals surface area contributed by atoms with E-state index in [4.69, 9.17) is 4.74 Å². The molecule has 0 bridgehead atoms. The lowest BCUT2D eigenvalue weighted by molar-refractivity contribution is -0.0712. The highest BCUT2D eigenvalue weighted by Gasteiger charge is 2.32. The number of aryl methyl sites for hydroxylation is 2. The fourth-order valence-corrected chi connectivity index (χ4v) is 4.08. The number of hydrogen-bond acceptors (Lipinski definition) is 3. The van der Waals surface area contributed by atoms with E-state index in [1.54, 1.807) is 0 Å². The van der Waals surface area contributed by atoms with Crippen LogP contribution in [0.2, 0.25) is 0 Å². The van der Waals surface area contributed by atoms with E-state index in [1.807, 2.05) is 17.9 Å². The summed E-state index contributed by atoms with van der Waals surface area (Å²) in [5, 5.41) is 3.12. The number of amides is 2. The zero-order chi connectivity index (χ0) is 18.0. The Morgan fingerprint density at radius 3 is 2.68 bits per heavy atom. The molecule has 3 rings (SSSR count). The van der Waals surface area contributed by atoms with Crippen molar-refractivity contribution >= 4 is 11.7 Å². The van der Waals surface area contributed by atoms with Crippen LogP contribution in [0.15, 0.2) is 18.2 Å². The number of ether oxygens (including phenoxy) is 1. The largest absolute Gasteiger partial charge is 0.373 e. The summed E-state index contributed by atoms with van der Waals surface area (Å²) < 4.78 is 5.82. The van der Waals surface area contributed by atoms with Crippen molar-refractivity contribution in [2.75, 3.05) is 31.5 Å². The topological polar surface area (TPSA) is 44.8 Å². The van der Waals surface area contributed by atoms with Gasteiger partial charge in [-0.25, -0.2) is 4.79 Å². The van der Waals surface area contributed by atoms with Gasteiger partial charge in [0.25, 0.3) is 0 Å². The number of rotatable bonds is 3. The molecule has 0 aromatic heterocycles. The zero-order valence-corrected chi connectivity index (χ0v) is 15.9. The molecule has 2 fully saturated rings. The van der Waals surface area contributed by atoms with E-state index in [-0.39, 0.29) is 18.2 Å². The van der Waals surface area contributed by atoms with E-state index < -0.39 is 0 Å². The minimum atomic E-state index is 0.0329. The number of nitrogens with one attached hydrogen (secondary N) is 1. The van der Waals surface area contributed by atoms with Crippen molar-refractivity contribution in [1.82, 2.24) is 9.80 Å². The van der Waals surface area contributed by atoms with Crippen LogP contribution in [0.3, 0.4) is 0 Å². The second-order valence-electron chi connectivity index (χ2n) is 7.71. The third-order valence-corrected chi connectivity index (χ3v) is 5.24. The van der Waals surface area contributed by atoms with Crippen LogP contribution in [-0.4, -0.2) is 60.3 Å². The number of urea groups is 1. The zero-order valence-electron chi connectivity index (χ0n) is 15.9. The van der Waals surface area contributed by atoms with Crippen molar-refractivity contribution in [3.63, 3.8) is 0 Å². The molecule has 0 aliphatic carbocycles. The first-order valence-electron chi connectivity index (χ1n) is 9.45. The lowest BCUT2D eigenvalue weighted by Crippen LogP contribution is -2.51. The van der Waals surface area contributed by atoms with E-state index in [2.05, 4.69) is 43.1 Å². The molecule has 0 unspecified atom stereocenters. The minimum absolute atomic E-state index is 0.0329. The molecule has 1 N–H and O–H groups in total. The average Bonchev–Trinajstić information content (AvgIpc) is 2.98. The number of likely N-dealkylation sites (tertiary alicyclic amines) is 1. The SMILES string of the molecule is Cc1ccc(C)c(NC(=O)N2CCC[C@H]2CN2C[C@@H](C)O[C@@H](C)C2)c1. The summed E-state index contributed by atoms with van der Waals surface area (Å²) in [5.74, 6) is 0. The predicted octanol–water partition coefficient (Wildman–Crippen LogP) is 3.41. The van der Waals surface area contributed by atoms with Gasteiger partial charge in [0.2, 0.25) is 0 Å². The molecule has 2 amide bonds. The highest BCUT2D eigenvalue weighted by Crippen LogP contribution is 2.23. The monoisotopic (exact) mass is 345 g/mol. The molecule has 2 saturated heterocycles. The van der Waals surface area contributed by atoms with E-state index in [1.165, 1.54) is 0 Å². The molecule has 2 aliphatic rings. The van der Waals surface area contributed by atoms with Crippen LogP contribution >= 0.6 is 0 Å². The highest BCUT2D eigenvalue weighted by molar-refractivity contribution is 5.90. The first-order chi connectivity index (χ1) is 11.9. The lowest BCUT2D eigenvalue weighted by atomic mass is 10.1. The molecule has 25 heavy (non-hydrogen) atoms. The van der Waals surface area contributed by atoms with Gasteiger partial charge in [0, 0.05) is 37.9 Å². The van der Waals surface area contributed by atoms with Crippen LogP contribution in [0.25, 0.3) is 0 Å². The van der Waals surface area contributed by atoms with Crippen LogP contribution in [0.1, 0.15) is 37.8 Å². The van der Waals surface area contributed by atoms with Crippen LogP contribution < -0.4 is 5.32 Å². The van der Waals surface area contributed by atoms with Crippen molar-refractivity contribution in [3.05, 3.63) is 29.3 Å².